The maximum Gasteiger partial charge on any atom is 0.267 e. The SMILES string of the molecule is N#Cc1cc2cc(O)cc(O)c2c(=O)n1-c1ccc(O)cc1. The summed E-state index contributed by atoms with van der Waals surface area (Å²) in [5.74, 6) is -0.531. The van der Waals surface area contributed by atoms with Crippen molar-refractivity contribution in [3.8, 4) is 29.0 Å². The van der Waals surface area contributed by atoms with Crippen molar-refractivity contribution in [2.24, 2.45) is 0 Å². The van der Waals surface area contributed by atoms with Crippen molar-refractivity contribution in [3.05, 3.63) is 58.5 Å². The third-order valence-electron chi connectivity index (χ3n) is 3.31. The number of benzene rings is 2. The van der Waals surface area contributed by atoms with Gasteiger partial charge in [-0.15, -0.1) is 0 Å². The number of phenols is 3. The van der Waals surface area contributed by atoms with Gasteiger partial charge < -0.3 is 15.3 Å². The number of phenolic OH excluding ortho intramolecular Hbond substituents is 3. The summed E-state index contributed by atoms with van der Waals surface area (Å²) in [6.07, 6.45) is 0. The summed E-state index contributed by atoms with van der Waals surface area (Å²) in [6.45, 7) is 0. The maximum absolute atomic E-state index is 12.6. The van der Waals surface area contributed by atoms with Crippen LogP contribution in [0.4, 0.5) is 0 Å². The van der Waals surface area contributed by atoms with E-state index in [0.29, 0.717) is 5.69 Å². The molecule has 6 heteroatoms. The zero-order valence-corrected chi connectivity index (χ0v) is 11.2. The van der Waals surface area contributed by atoms with Gasteiger partial charge in [-0.25, -0.2) is 0 Å². The highest BCUT2D eigenvalue weighted by Gasteiger charge is 2.14. The second-order valence-corrected chi connectivity index (χ2v) is 4.73. The van der Waals surface area contributed by atoms with Crippen molar-refractivity contribution >= 4 is 10.8 Å². The summed E-state index contributed by atoms with van der Waals surface area (Å²) in [7, 11) is 0. The third kappa shape index (κ3) is 2.01. The molecular weight excluding hydrogens is 284 g/mol. The van der Waals surface area contributed by atoms with Gasteiger partial charge in [-0.05, 0) is 41.8 Å². The molecule has 0 saturated heterocycles. The van der Waals surface area contributed by atoms with E-state index in [1.807, 2.05) is 6.07 Å². The minimum Gasteiger partial charge on any atom is -0.508 e. The topological polar surface area (TPSA) is 106 Å². The molecule has 0 bridgehead atoms. The van der Waals surface area contributed by atoms with E-state index in [9.17, 15) is 25.4 Å². The van der Waals surface area contributed by atoms with Crippen molar-refractivity contribution in [1.29, 1.82) is 5.26 Å². The van der Waals surface area contributed by atoms with Gasteiger partial charge in [0.1, 0.15) is 29.0 Å². The number of rotatable bonds is 1. The molecule has 0 spiro atoms. The predicted molar refractivity (Wildman–Crippen MR) is 79.3 cm³/mol. The summed E-state index contributed by atoms with van der Waals surface area (Å²) < 4.78 is 1.14. The first-order valence-electron chi connectivity index (χ1n) is 6.32. The summed E-state index contributed by atoms with van der Waals surface area (Å²) in [4.78, 5) is 12.6. The molecule has 6 nitrogen and oxygen atoms in total. The fourth-order valence-electron chi connectivity index (χ4n) is 2.35. The summed E-state index contributed by atoms with van der Waals surface area (Å²) in [5.41, 5.74) is -0.154. The Morgan fingerprint density at radius 2 is 1.64 bits per heavy atom. The molecule has 0 unspecified atom stereocenters. The molecule has 1 aromatic heterocycles. The molecule has 0 fully saturated rings. The predicted octanol–water partition coefficient (Wildman–Crippen LogP) is 1.98. The van der Waals surface area contributed by atoms with Crippen molar-refractivity contribution in [3.63, 3.8) is 0 Å². The lowest BCUT2D eigenvalue weighted by Gasteiger charge is -2.11. The van der Waals surface area contributed by atoms with Crippen LogP contribution < -0.4 is 5.56 Å². The van der Waals surface area contributed by atoms with Crippen LogP contribution >= 0.6 is 0 Å². The zero-order valence-electron chi connectivity index (χ0n) is 11.2. The molecular formula is C16H10N2O4. The molecule has 3 N–H and O–H groups in total. The minimum atomic E-state index is -0.586. The molecule has 1 heterocycles. The average Bonchev–Trinajstić information content (AvgIpc) is 2.47. The lowest BCUT2D eigenvalue weighted by molar-refractivity contribution is 0.454. The molecule has 0 aliphatic carbocycles. The largest absolute Gasteiger partial charge is 0.508 e. The van der Waals surface area contributed by atoms with E-state index < -0.39 is 5.56 Å². The van der Waals surface area contributed by atoms with Crippen LogP contribution in [0.1, 0.15) is 5.69 Å². The molecule has 3 aromatic rings. The van der Waals surface area contributed by atoms with E-state index in [-0.39, 0.29) is 33.7 Å². The Bertz CT molecular complexity index is 982. The van der Waals surface area contributed by atoms with E-state index in [2.05, 4.69) is 0 Å². The van der Waals surface area contributed by atoms with Gasteiger partial charge in [-0.1, -0.05) is 0 Å². The maximum atomic E-state index is 12.6. The number of hydrogen-bond donors (Lipinski definition) is 3. The smallest absolute Gasteiger partial charge is 0.267 e. The molecule has 0 aliphatic rings. The Hall–Kier alpha value is -3.46. The minimum absolute atomic E-state index is 0.00451. The van der Waals surface area contributed by atoms with Crippen LogP contribution in [0, 0.1) is 11.3 Å². The van der Waals surface area contributed by atoms with Crippen LogP contribution in [-0.4, -0.2) is 19.9 Å². The zero-order chi connectivity index (χ0) is 15.9. The Kier molecular flexibility index (Phi) is 2.96. The van der Waals surface area contributed by atoms with Crippen molar-refractivity contribution < 1.29 is 15.3 Å². The standard InChI is InChI=1S/C16H10N2O4/c17-8-11-5-9-6-13(20)7-14(21)15(9)16(22)18(11)10-1-3-12(19)4-2-10/h1-7,19-21H. The number of nitriles is 1. The first-order valence-corrected chi connectivity index (χ1v) is 6.32. The highest BCUT2D eigenvalue weighted by atomic mass is 16.3. The summed E-state index contributed by atoms with van der Waals surface area (Å²) in [6, 6.07) is 11.5. The van der Waals surface area contributed by atoms with Crippen LogP contribution in [0.5, 0.6) is 17.2 Å². The number of fused-ring (bicyclic) bond motifs is 1. The third-order valence-corrected chi connectivity index (χ3v) is 3.31. The van der Waals surface area contributed by atoms with Crippen LogP contribution in [0.15, 0.2) is 47.3 Å². The summed E-state index contributed by atoms with van der Waals surface area (Å²) >= 11 is 0. The summed E-state index contributed by atoms with van der Waals surface area (Å²) in [5, 5.41) is 38.3. The quantitative estimate of drug-likeness (QED) is 0.636. The van der Waals surface area contributed by atoms with Gasteiger partial charge in [-0.2, -0.15) is 5.26 Å². The van der Waals surface area contributed by atoms with Crippen molar-refractivity contribution in [1.82, 2.24) is 4.57 Å². The number of pyridine rings is 1. The monoisotopic (exact) mass is 294 g/mol. The van der Waals surface area contributed by atoms with Crippen LogP contribution in [0.25, 0.3) is 16.5 Å². The van der Waals surface area contributed by atoms with E-state index in [4.69, 9.17) is 0 Å². The van der Waals surface area contributed by atoms with Crippen LogP contribution in [0.3, 0.4) is 0 Å². The average molecular weight is 294 g/mol. The Labute approximate surface area is 124 Å². The Balaban J connectivity index is 2.45. The number of aromatic hydroxyl groups is 3. The highest BCUT2D eigenvalue weighted by molar-refractivity contribution is 5.89. The fourth-order valence-corrected chi connectivity index (χ4v) is 2.35. The first-order chi connectivity index (χ1) is 10.5. The van der Waals surface area contributed by atoms with E-state index in [0.717, 1.165) is 10.6 Å². The van der Waals surface area contributed by atoms with Gasteiger partial charge in [0, 0.05) is 6.07 Å². The fraction of sp³-hybridized carbons (Fsp3) is 0. The van der Waals surface area contributed by atoms with Gasteiger partial charge in [0.2, 0.25) is 0 Å². The molecule has 2 aromatic carbocycles. The van der Waals surface area contributed by atoms with E-state index in [1.54, 1.807) is 0 Å². The number of nitrogens with zero attached hydrogens (tertiary/aromatic N) is 2. The van der Waals surface area contributed by atoms with Crippen molar-refractivity contribution in [2.45, 2.75) is 0 Å². The van der Waals surface area contributed by atoms with Gasteiger partial charge >= 0.3 is 0 Å². The molecule has 0 saturated carbocycles. The second kappa shape index (κ2) is 4.82. The van der Waals surface area contributed by atoms with Gasteiger partial charge in [0.15, 0.2) is 0 Å². The van der Waals surface area contributed by atoms with Gasteiger partial charge in [0.05, 0.1) is 11.1 Å². The normalized spacial score (nSPS) is 10.5. The molecule has 0 atom stereocenters. The highest BCUT2D eigenvalue weighted by Crippen LogP contribution is 2.28. The Morgan fingerprint density at radius 1 is 0.955 bits per heavy atom. The molecule has 0 amide bonds. The van der Waals surface area contributed by atoms with Crippen LogP contribution in [0.2, 0.25) is 0 Å². The first kappa shape index (κ1) is 13.5. The molecule has 3 rings (SSSR count). The molecule has 0 radical (unpaired) electrons. The molecule has 22 heavy (non-hydrogen) atoms. The molecule has 0 aliphatic heterocycles. The van der Waals surface area contributed by atoms with E-state index in [1.165, 1.54) is 36.4 Å². The Morgan fingerprint density at radius 3 is 2.27 bits per heavy atom. The number of hydrogen-bond acceptors (Lipinski definition) is 5. The lowest BCUT2D eigenvalue weighted by atomic mass is 10.1. The second-order valence-electron chi connectivity index (χ2n) is 4.73. The van der Waals surface area contributed by atoms with E-state index >= 15 is 0 Å². The number of aromatic nitrogens is 1. The van der Waals surface area contributed by atoms with Crippen LogP contribution in [-0.2, 0) is 0 Å². The van der Waals surface area contributed by atoms with Gasteiger partial charge in [-0.3, -0.25) is 9.36 Å². The van der Waals surface area contributed by atoms with Gasteiger partial charge in [0.25, 0.3) is 5.56 Å². The van der Waals surface area contributed by atoms with Crippen molar-refractivity contribution in [2.75, 3.05) is 0 Å². The lowest BCUT2D eigenvalue weighted by Crippen LogP contribution is -2.21. The molecule has 108 valence electrons.